The molecule has 0 spiro atoms. The summed E-state index contributed by atoms with van der Waals surface area (Å²) < 4.78 is 1.78. The van der Waals surface area contributed by atoms with Crippen molar-refractivity contribution >= 4 is 10.9 Å². The Bertz CT molecular complexity index is 710. The minimum Gasteiger partial charge on any atom is -0.307 e. The molecule has 2 heterocycles. The van der Waals surface area contributed by atoms with Crippen LogP contribution in [0.2, 0.25) is 0 Å². The maximum Gasteiger partial charge on any atom is 0.254 e. The van der Waals surface area contributed by atoms with Crippen molar-refractivity contribution in [2.24, 2.45) is 5.11 Å². The zero-order valence-corrected chi connectivity index (χ0v) is 9.13. The molecular weight excluding hydrogens is 216 g/mol. The molecule has 1 aromatic carbocycles. The average Bonchev–Trinajstić information content (AvgIpc) is 2.78. The maximum atomic E-state index is 12.1. The summed E-state index contributed by atoms with van der Waals surface area (Å²) in [7, 11) is 0. The minimum absolute atomic E-state index is 0.0325. The molecule has 0 atom stereocenters. The number of hydrogen-bond acceptors (Lipinski definition) is 2. The number of para-hydroxylation sites is 1. The first-order chi connectivity index (χ1) is 8.31. The van der Waals surface area contributed by atoms with Crippen LogP contribution < -0.4 is 5.56 Å². The largest absolute Gasteiger partial charge is 0.307 e. The van der Waals surface area contributed by atoms with E-state index < -0.39 is 0 Å². The van der Waals surface area contributed by atoms with E-state index in [4.69, 9.17) is 5.53 Å². The van der Waals surface area contributed by atoms with Crippen molar-refractivity contribution in [3.8, 4) is 0 Å². The molecule has 0 fully saturated rings. The van der Waals surface area contributed by atoms with Gasteiger partial charge in [-0.15, -0.1) is 0 Å². The first kappa shape index (κ1) is 9.93. The molecule has 0 bridgehead atoms. The second-order valence-electron chi connectivity index (χ2n) is 4.12. The number of hydrogen-bond donors (Lipinski definition) is 0. The molecule has 5 nitrogen and oxygen atoms in total. The fourth-order valence-electron chi connectivity index (χ4n) is 2.45. The molecule has 1 aliphatic heterocycles. The Balaban J connectivity index is 2.34. The Morgan fingerprint density at radius 3 is 3.18 bits per heavy atom. The van der Waals surface area contributed by atoms with Gasteiger partial charge in [-0.1, -0.05) is 23.3 Å². The smallest absolute Gasteiger partial charge is 0.254 e. The molecule has 2 aromatic rings. The van der Waals surface area contributed by atoms with Gasteiger partial charge in [0.15, 0.2) is 0 Å². The van der Waals surface area contributed by atoms with Gasteiger partial charge in [0.2, 0.25) is 0 Å². The second kappa shape index (κ2) is 3.64. The molecule has 3 rings (SSSR count). The van der Waals surface area contributed by atoms with Gasteiger partial charge in [-0.25, -0.2) is 0 Å². The molecule has 0 aliphatic carbocycles. The van der Waals surface area contributed by atoms with Gasteiger partial charge in [0.05, 0.1) is 12.1 Å². The lowest BCUT2D eigenvalue weighted by Gasteiger charge is -2.06. The van der Waals surface area contributed by atoms with Gasteiger partial charge in [-0.05, 0) is 29.0 Å². The van der Waals surface area contributed by atoms with Crippen molar-refractivity contribution < 1.29 is 0 Å². The van der Waals surface area contributed by atoms with Gasteiger partial charge in [0.1, 0.15) is 0 Å². The molecule has 0 saturated carbocycles. The third kappa shape index (κ3) is 1.40. The van der Waals surface area contributed by atoms with Crippen LogP contribution in [0.4, 0.5) is 0 Å². The van der Waals surface area contributed by atoms with E-state index in [9.17, 15) is 4.79 Å². The molecule has 0 N–H and O–H groups in total. The van der Waals surface area contributed by atoms with E-state index in [1.54, 1.807) is 4.57 Å². The summed E-state index contributed by atoms with van der Waals surface area (Å²) in [5.74, 6) is 0. The van der Waals surface area contributed by atoms with Gasteiger partial charge in [0, 0.05) is 17.0 Å². The monoisotopic (exact) mass is 226 g/mol. The molecular formula is C12H10N4O. The van der Waals surface area contributed by atoms with Crippen LogP contribution in [0, 0.1) is 0 Å². The van der Waals surface area contributed by atoms with Gasteiger partial charge in [0.25, 0.3) is 5.56 Å². The zero-order chi connectivity index (χ0) is 11.8. The van der Waals surface area contributed by atoms with Gasteiger partial charge in [-0.3, -0.25) is 4.79 Å². The lowest BCUT2D eigenvalue weighted by atomic mass is 10.1. The van der Waals surface area contributed by atoms with Crippen LogP contribution >= 0.6 is 0 Å². The van der Waals surface area contributed by atoms with E-state index in [0.717, 1.165) is 23.9 Å². The van der Waals surface area contributed by atoms with Crippen molar-refractivity contribution in [2.45, 2.75) is 19.5 Å². The molecule has 1 aromatic heterocycles. The van der Waals surface area contributed by atoms with Crippen LogP contribution in [0.1, 0.15) is 11.1 Å². The van der Waals surface area contributed by atoms with Crippen molar-refractivity contribution in [1.82, 2.24) is 4.57 Å². The average molecular weight is 226 g/mol. The Morgan fingerprint density at radius 1 is 1.47 bits per heavy atom. The zero-order valence-electron chi connectivity index (χ0n) is 9.13. The number of rotatable bonds is 2. The van der Waals surface area contributed by atoms with Gasteiger partial charge < -0.3 is 4.57 Å². The highest BCUT2D eigenvalue weighted by molar-refractivity contribution is 5.84. The molecule has 5 heteroatoms. The van der Waals surface area contributed by atoms with E-state index in [2.05, 4.69) is 16.1 Å². The second-order valence-corrected chi connectivity index (χ2v) is 4.12. The van der Waals surface area contributed by atoms with Crippen LogP contribution in [0.25, 0.3) is 21.3 Å². The third-order valence-electron chi connectivity index (χ3n) is 3.18. The van der Waals surface area contributed by atoms with Gasteiger partial charge >= 0.3 is 0 Å². The Morgan fingerprint density at radius 2 is 2.35 bits per heavy atom. The number of aromatic nitrogens is 1. The predicted octanol–water partition coefficient (Wildman–Crippen LogP) is 2.37. The Hall–Kier alpha value is -2.26. The molecule has 1 aliphatic rings. The molecule has 0 saturated heterocycles. The SMILES string of the molecule is [N-]=[N+]=NCc1cc2cccc3c2n(c1=O)CC3. The number of nitrogens with zero attached hydrogens (tertiary/aromatic N) is 4. The third-order valence-corrected chi connectivity index (χ3v) is 3.18. The van der Waals surface area contributed by atoms with Crippen LogP contribution in [0.5, 0.6) is 0 Å². The van der Waals surface area contributed by atoms with E-state index in [-0.39, 0.29) is 12.1 Å². The fraction of sp³-hybridized carbons (Fsp3) is 0.250. The topological polar surface area (TPSA) is 70.8 Å². The number of pyridine rings is 1. The van der Waals surface area contributed by atoms with E-state index in [0.29, 0.717) is 5.56 Å². The van der Waals surface area contributed by atoms with E-state index in [1.807, 2.05) is 18.2 Å². The molecule has 0 radical (unpaired) electrons. The predicted molar refractivity (Wildman–Crippen MR) is 64.8 cm³/mol. The maximum absolute atomic E-state index is 12.1. The van der Waals surface area contributed by atoms with Crippen LogP contribution in [-0.2, 0) is 19.5 Å². The van der Waals surface area contributed by atoms with Crippen LogP contribution in [-0.4, -0.2) is 4.57 Å². The number of azide groups is 1. The summed E-state index contributed by atoms with van der Waals surface area (Å²) in [6, 6.07) is 7.87. The number of aryl methyl sites for hydroxylation is 2. The Kier molecular flexibility index (Phi) is 2.13. The lowest BCUT2D eigenvalue weighted by Crippen LogP contribution is -2.21. The highest BCUT2D eigenvalue weighted by Gasteiger charge is 2.16. The molecule has 0 unspecified atom stereocenters. The summed E-state index contributed by atoms with van der Waals surface area (Å²) >= 11 is 0. The van der Waals surface area contributed by atoms with Crippen LogP contribution in [0.3, 0.4) is 0 Å². The molecule has 17 heavy (non-hydrogen) atoms. The van der Waals surface area contributed by atoms with Crippen LogP contribution in [0.15, 0.2) is 34.2 Å². The normalized spacial score (nSPS) is 12.7. The fourth-order valence-corrected chi connectivity index (χ4v) is 2.45. The minimum atomic E-state index is -0.0325. The summed E-state index contributed by atoms with van der Waals surface area (Å²) in [6.07, 6.45) is 0.900. The standard InChI is InChI=1S/C12H10N4O/c13-15-14-7-10-6-9-3-1-2-8-4-5-16(11(8)9)12(10)17/h1-3,6H,4-5,7H2. The van der Waals surface area contributed by atoms with Crippen molar-refractivity contribution in [2.75, 3.05) is 0 Å². The van der Waals surface area contributed by atoms with Gasteiger partial charge in [-0.2, -0.15) is 0 Å². The summed E-state index contributed by atoms with van der Waals surface area (Å²) in [5, 5.41) is 4.51. The molecule has 0 amide bonds. The van der Waals surface area contributed by atoms with Crippen molar-refractivity contribution in [3.05, 3.63) is 56.2 Å². The number of benzene rings is 1. The highest BCUT2D eigenvalue weighted by Crippen LogP contribution is 2.24. The Labute approximate surface area is 96.9 Å². The summed E-state index contributed by atoms with van der Waals surface area (Å²) in [4.78, 5) is 14.8. The summed E-state index contributed by atoms with van der Waals surface area (Å²) in [5.41, 5.74) is 11.1. The highest BCUT2D eigenvalue weighted by atomic mass is 16.1. The van der Waals surface area contributed by atoms with E-state index >= 15 is 0 Å². The first-order valence-corrected chi connectivity index (χ1v) is 5.46. The molecule has 84 valence electrons. The first-order valence-electron chi connectivity index (χ1n) is 5.46. The van der Waals surface area contributed by atoms with E-state index in [1.165, 1.54) is 5.56 Å². The lowest BCUT2D eigenvalue weighted by molar-refractivity contribution is 0.731. The summed E-state index contributed by atoms with van der Waals surface area (Å²) in [6.45, 7) is 0.842. The van der Waals surface area contributed by atoms with Crippen molar-refractivity contribution in [1.29, 1.82) is 0 Å². The quantitative estimate of drug-likeness (QED) is 0.440. The van der Waals surface area contributed by atoms with Crippen molar-refractivity contribution in [3.63, 3.8) is 0 Å².